The number of rotatable bonds is 8. The number of amides is 1. The van der Waals surface area contributed by atoms with Crippen LogP contribution >= 0.6 is 15.9 Å². The maximum absolute atomic E-state index is 12.8. The second-order valence-corrected chi connectivity index (χ2v) is 6.06. The van der Waals surface area contributed by atoms with Crippen molar-refractivity contribution < 1.29 is 9.90 Å². The van der Waals surface area contributed by atoms with Crippen LogP contribution in [-0.4, -0.2) is 46.6 Å². The van der Waals surface area contributed by atoms with E-state index in [1.165, 1.54) is 0 Å². The molecule has 0 radical (unpaired) electrons. The first kappa shape index (κ1) is 17.9. The molecule has 0 saturated carbocycles. The highest BCUT2D eigenvalue weighted by Gasteiger charge is 2.22. The van der Waals surface area contributed by atoms with Crippen LogP contribution in [-0.2, 0) is 0 Å². The van der Waals surface area contributed by atoms with Crippen molar-refractivity contribution >= 4 is 27.7 Å². The third-order valence-corrected chi connectivity index (χ3v) is 3.50. The Bertz CT molecular complexity index is 466. The van der Waals surface area contributed by atoms with Crippen molar-refractivity contribution in [1.82, 2.24) is 9.88 Å². The molecule has 0 aliphatic heterocycles. The second kappa shape index (κ2) is 9.00. The average molecular weight is 358 g/mol. The Morgan fingerprint density at radius 3 is 2.81 bits per heavy atom. The number of pyridine rings is 1. The van der Waals surface area contributed by atoms with Crippen LogP contribution < -0.4 is 5.32 Å². The molecule has 0 fully saturated rings. The largest absolute Gasteiger partial charge is 0.396 e. The van der Waals surface area contributed by atoms with Gasteiger partial charge in [-0.1, -0.05) is 6.92 Å². The summed E-state index contributed by atoms with van der Waals surface area (Å²) in [6.07, 6.45) is 3.22. The number of nitrogens with one attached hydrogen (secondary N) is 1. The fraction of sp³-hybridized carbons (Fsp3) is 0.600. The molecular weight excluding hydrogens is 334 g/mol. The smallest absolute Gasteiger partial charge is 0.257 e. The van der Waals surface area contributed by atoms with E-state index in [4.69, 9.17) is 5.11 Å². The standard InChI is InChI=1S/C15H24BrN3O2/c1-4-6-17-14-13(9-12(16)10-18-14)15(21)19(11(2)3)7-5-8-20/h9-11,20H,4-8H2,1-3H3,(H,17,18). The zero-order valence-corrected chi connectivity index (χ0v) is 14.5. The maximum Gasteiger partial charge on any atom is 0.257 e. The molecule has 1 amide bonds. The zero-order chi connectivity index (χ0) is 15.8. The van der Waals surface area contributed by atoms with Gasteiger partial charge in [0.15, 0.2) is 0 Å². The van der Waals surface area contributed by atoms with Crippen LogP contribution in [0.3, 0.4) is 0 Å². The number of aliphatic hydroxyl groups excluding tert-OH is 1. The highest BCUT2D eigenvalue weighted by Crippen LogP contribution is 2.21. The fourth-order valence-corrected chi connectivity index (χ4v) is 2.31. The SMILES string of the molecule is CCCNc1ncc(Br)cc1C(=O)N(CCCO)C(C)C. The van der Waals surface area contributed by atoms with Crippen LogP contribution in [0.1, 0.15) is 44.0 Å². The van der Waals surface area contributed by atoms with Gasteiger partial charge in [0.05, 0.1) is 5.56 Å². The van der Waals surface area contributed by atoms with Crippen molar-refractivity contribution in [1.29, 1.82) is 0 Å². The zero-order valence-electron chi connectivity index (χ0n) is 12.9. The first-order valence-electron chi connectivity index (χ1n) is 7.32. The van der Waals surface area contributed by atoms with Crippen LogP contribution in [0.25, 0.3) is 0 Å². The van der Waals surface area contributed by atoms with E-state index in [1.807, 2.05) is 13.8 Å². The molecule has 1 aromatic rings. The third kappa shape index (κ3) is 5.28. The van der Waals surface area contributed by atoms with Gasteiger partial charge in [0.25, 0.3) is 5.91 Å². The monoisotopic (exact) mass is 357 g/mol. The van der Waals surface area contributed by atoms with Crippen LogP contribution in [0.15, 0.2) is 16.7 Å². The Morgan fingerprint density at radius 1 is 1.52 bits per heavy atom. The number of carbonyl (C=O) groups excluding carboxylic acids is 1. The summed E-state index contributed by atoms with van der Waals surface area (Å²) in [5, 5.41) is 12.2. The highest BCUT2D eigenvalue weighted by atomic mass is 79.9. The summed E-state index contributed by atoms with van der Waals surface area (Å²) in [5.74, 6) is 0.547. The van der Waals surface area contributed by atoms with E-state index in [0.717, 1.165) is 17.4 Å². The Kier molecular flexibility index (Phi) is 7.67. The molecule has 0 unspecified atom stereocenters. The maximum atomic E-state index is 12.8. The Morgan fingerprint density at radius 2 is 2.24 bits per heavy atom. The first-order chi connectivity index (χ1) is 10.0. The molecule has 1 rings (SSSR count). The lowest BCUT2D eigenvalue weighted by molar-refractivity contribution is 0.0693. The number of aromatic nitrogens is 1. The van der Waals surface area contributed by atoms with Gasteiger partial charge in [-0.25, -0.2) is 4.98 Å². The number of hydrogen-bond donors (Lipinski definition) is 2. The van der Waals surface area contributed by atoms with E-state index >= 15 is 0 Å². The Hall–Kier alpha value is -1.14. The molecule has 6 heteroatoms. The molecule has 0 bridgehead atoms. The van der Waals surface area contributed by atoms with Crippen molar-refractivity contribution in [2.45, 2.75) is 39.7 Å². The van der Waals surface area contributed by atoms with Gasteiger partial charge in [-0.15, -0.1) is 0 Å². The average Bonchev–Trinajstić information content (AvgIpc) is 2.45. The fourth-order valence-electron chi connectivity index (χ4n) is 1.98. The number of anilines is 1. The van der Waals surface area contributed by atoms with Crippen LogP contribution in [0, 0.1) is 0 Å². The van der Waals surface area contributed by atoms with Gasteiger partial charge >= 0.3 is 0 Å². The van der Waals surface area contributed by atoms with Crippen molar-refractivity contribution in [3.05, 3.63) is 22.3 Å². The predicted molar refractivity (Wildman–Crippen MR) is 88.6 cm³/mol. The highest BCUT2D eigenvalue weighted by molar-refractivity contribution is 9.10. The molecule has 0 aromatic carbocycles. The summed E-state index contributed by atoms with van der Waals surface area (Å²) in [4.78, 5) is 18.8. The minimum absolute atomic E-state index is 0.0640. The summed E-state index contributed by atoms with van der Waals surface area (Å²) < 4.78 is 0.777. The normalized spacial score (nSPS) is 10.8. The second-order valence-electron chi connectivity index (χ2n) is 5.15. The lowest BCUT2D eigenvalue weighted by Crippen LogP contribution is -2.38. The number of nitrogens with zero attached hydrogens (tertiary/aromatic N) is 2. The quantitative estimate of drug-likeness (QED) is 0.750. The molecule has 0 atom stereocenters. The molecule has 1 heterocycles. The van der Waals surface area contributed by atoms with E-state index < -0.39 is 0 Å². The van der Waals surface area contributed by atoms with Crippen LogP contribution in [0.5, 0.6) is 0 Å². The number of aliphatic hydroxyl groups is 1. The van der Waals surface area contributed by atoms with E-state index in [0.29, 0.717) is 24.3 Å². The molecule has 0 saturated heterocycles. The first-order valence-corrected chi connectivity index (χ1v) is 8.11. The molecule has 0 spiro atoms. The Balaban J connectivity index is 3.04. The lowest BCUT2D eigenvalue weighted by atomic mass is 10.1. The molecule has 5 nitrogen and oxygen atoms in total. The van der Waals surface area contributed by atoms with Gasteiger partial charge in [-0.05, 0) is 48.7 Å². The lowest BCUT2D eigenvalue weighted by Gasteiger charge is -2.27. The number of carbonyl (C=O) groups is 1. The van der Waals surface area contributed by atoms with Crippen LogP contribution in [0.2, 0.25) is 0 Å². The topological polar surface area (TPSA) is 65.5 Å². The number of hydrogen-bond acceptors (Lipinski definition) is 4. The molecule has 0 aliphatic carbocycles. The molecular formula is C15H24BrN3O2. The van der Waals surface area contributed by atoms with Gasteiger partial charge in [0.2, 0.25) is 0 Å². The summed E-state index contributed by atoms with van der Waals surface area (Å²) in [6.45, 7) is 7.39. The molecule has 2 N–H and O–H groups in total. The van der Waals surface area contributed by atoms with Gasteiger partial charge in [0, 0.05) is 36.4 Å². The molecule has 0 aliphatic rings. The summed E-state index contributed by atoms with van der Waals surface area (Å²) in [6, 6.07) is 1.86. The third-order valence-electron chi connectivity index (χ3n) is 3.07. The van der Waals surface area contributed by atoms with Crippen LogP contribution in [0.4, 0.5) is 5.82 Å². The molecule has 21 heavy (non-hydrogen) atoms. The molecule has 1 aromatic heterocycles. The van der Waals surface area contributed by atoms with Gasteiger partial charge in [0.1, 0.15) is 5.82 Å². The summed E-state index contributed by atoms with van der Waals surface area (Å²) >= 11 is 3.37. The van der Waals surface area contributed by atoms with Crippen molar-refractivity contribution in [2.75, 3.05) is 25.0 Å². The molecule has 118 valence electrons. The van der Waals surface area contributed by atoms with E-state index in [1.54, 1.807) is 17.2 Å². The summed E-state index contributed by atoms with van der Waals surface area (Å²) in [7, 11) is 0. The van der Waals surface area contributed by atoms with Gasteiger partial charge < -0.3 is 15.3 Å². The van der Waals surface area contributed by atoms with E-state index in [2.05, 4.69) is 33.2 Å². The number of halogens is 1. The predicted octanol–water partition coefficient (Wildman–Crippen LogP) is 2.90. The van der Waals surface area contributed by atoms with E-state index in [9.17, 15) is 4.79 Å². The minimum Gasteiger partial charge on any atom is -0.396 e. The van der Waals surface area contributed by atoms with Gasteiger partial charge in [-0.2, -0.15) is 0 Å². The van der Waals surface area contributed by atoms with Crippen molar-refractivity contribution in [3.63, 3.8) is 0 Å². The van der Waals surface area contributed by atoms with E-state index in [-0.39, 0.29) is 18.6 Å². The van der Waals surface area contributed by atoms with Crippen molar-refractivity contribution in [3.8, 4) is 0 Å². The van der Waals surface area contributed by atoms with Crippen molar-refractivity contribution in [2.24, 2.45) is 0 Å². The minimum atomic E-state index is -0.0640. The Labute approximate surface area is 134 Å². The van der Waals surface area contributed by atoms with Gasteiger partial charge in [-0.3, -0.25) is 4.79 Å². The summed E-state index contributed by atoms with van der Waals surface area (Å²) in [5.41, 5.74) is 0.560.